The summed E-state index contributed by atoms with van der Waals surface area (Å²) < 4.78 is 31.1. The Balaban J connectivity index is 1.70. The number of sulfonamides is 1. The fourth-order valence-corrected chi connectivity index (χ4v) is 5.56. The van der Waals surface area contributed by atoms with Gasteiger partial charge in [-0.05, 0) is 62.9 Å². The first-order valence-electron chi connectivity index (χ1n) is 11.3. The number of nitrogens with zero attached hydrogens (tertiary/aromatic N) is 4. The second kappa shape index (κ2) is 8.79. The number of anilines is 1. The van der Waals surface area contributed by atoms with Crippen LogP contribution in [0, 0.1) is 12.8 Å². The average Bonchev–Trinajstić information content (AvgIpc) is 3.66. The fourth-order valence-electron chi connectivity index (χ4n) is 4.27. The molecule has 34 heavy (non-hydrogen) atoms. The molecule has 0 N–H and O–H groups in total. The number of hydrogen-bond donors (Lipinski definition) is 0. The number of aromatic nitrogens is 2. The van der Waals surface area contributed by atoms with Gasteiger partial charge in [-0.3, -0.25) is 18.6 Å². The smallest absolute Gasteiger partial charge is 0.296 e. The van der Waals surface area contributed by atoms with Crippen molar-refractivity contribution < 1.29 is 13.2 Å². The van der Waals surface area contributed by atoms with E-state index in [1.54, 1.807) is 54.9 Å². The first-order chi connectivity index (χ1) is 16.1. The molecule has 0 saturated heterocycles. The van der Waals surface area contributed by atoms with Gasteiger partial charge in [-0.2, -0.15) is 0 Å². The largest absolute Gasteiger partial charge is 0.339 e. The number of hydrogen-bond acceptors (Lipinski definition) is 4. The molecule has 0 radical (unpaired) electrons. The normalized spacial score (nSPS) is 14.6. The highest BCUT2D eigenvalue weighted by molar-refractivity contribution is 7.92. The SMILES string of the molecule is Cc1c(N(C)S(=O)(=O)c2cccc(C(=O)N(C)C(C)C3CC3)c2)c(=O)n(-c2ccccc2)n1C. The molecule has 0 aliphatic heterocycles. The van der Waals surface area contributed by atoms with Gasteiger partial charge in [0.2, 0.25) is 0 Å². The molecule has 1 fully saturated rings. The molecule has 1 aromatic heterocycles. The summed E-state index contributed by atoms with van der Waals surface area (Å²) in [6.07, 6.45) is 2.21. The van der Waals surface area contributed by atoms with Crippen molar-refractivity contribution in [1.29, 1.82) is 0 Å². The molecule has 1 aliphatic carbocycles. The number of amides is 1. The summed E-state index contributed by atoms with van der Waals surface area (Å²) in [5, 5.41) is 0. The van der Waals surface area contributed by atoms with Crippen LogP contribution >= 0.6 is 0 Å². The van der Waals surface area contributed by atoms with Gasteiger partial charge in [-0.15, -0.1) is 0 Å². The molecule has 0 spiro atoms. The number of benzene rings is 2. The summed E-state index contributed by atoms with van der Waals surface area (Å²) in [4.78, 5) is 28.0. The Kier molecular flexibility index (Phi) is 6.16. The van der Waals surface area contributed by atoms with E-state index in [4.69, 9.17) is 0 Å². The summed E-state index contributed by atoms with van der Waals surface area (Å²) >= 11 is 0. The van der Waals surface area contributed by atoms with Crippen molar-refractivity contribution in [3.05, 3.63) is 76.2 Å². The lowest BCUT2D eigenvalue weighted by Gasteiger charge is -2.25. The van der Waals surface area contributed by atoms with E-state index in [2.05, 4.69) is 0 Å². The zero-order chi connectivity index (χ0) is 24.8. The summed E-state index contributed by atoms with van der Waals surface area (Å²) in [6.45, 7) is 3.72. The second-order valence-corrected chi connectivity index (χ2v) is 10.9. The zero-order valence-electron chi connectivity index (χ0n) is 20.1. The van der Waals surface area contributed by atoms with Gasteiger partial charge in [0.05, 0.1) is 16.3 Å². The molecule has 1 aliphatic rings. The molecule has 9 heteroatoms. The first kappa shape index (κ1) is 23.8. The second-order valence-electron chi connectivity index (χ2n) is 8.90. The van der Waals surface area contributed by atoms with E-state index in [1.807, 2.05) is 25.1 Å². The van der Waals surface area contributed by atoms with E-state index >= 15 is 0 Å². The van der Waals surface area contributed by atoms with Gasteiger partial charge in [0, 0.05) is 32.7 Å². The molecule has 0 bridgehead atoms. The van der Waals surface area contributed by atoms with Crippen LogP contribution in [0.3, 0.4) is 0 Å². The van der Waals surface area contributed by atoms with Gasteiger partial charge >= 0.3 is 0 Å². The number of carbonyl (C=O) groups is 1. The van der Waals surface area contributed by atoms with Crippen molar-refractivity contribution in [2.45, 2.75) is 37.6 Å². The molecular formula is C25H30N4O4S. The third kappa shape index (κ3) is 4.04. The van der Waals surface area contributed by atoms with E-state index in [1.165, 1.54) is 23.9 Å². The Hall–Kier alpha value is -3.33. The van der Waals surface area contributed by atoms with Crippen molar-refractivity contribution in [3.8, 4) is 5.69 Å². The van der Waals surface area contributed by atoms with Crippen LogP contribution in [-0.4, -0.2) is 48.7 Å². The van der Waals surface area contributed by atoms with Gasteiger partial charge in [0.25, 0.3) is 21.5 Å². The predicted octanol–water partition coefficient (Wildman–Crippen LogP) is 3.18. The molecular weight excluding hydrogens is 452 g/mol. The van der Waals surface area contributed by atoms with Crippen molar-refractivity contribution >= 4 is 21.6 Å². The van der Waals surface area contributed by atoms with Gasteiger partial charge in [0.15, 0.2) is 0 Å². The summed E-state index contributed by atoms with van der Waals surface area (Å²) in [7, 11) is 0.733. The van der Waals surface area contributed by atoms with Crippen molar-refractivity contribution in [2.75, 3.05) is 18.4 Å². The Morgan fingerprint density at radius 3 is 2.32 bits per heavy atom. The van der Waals surface area contributed by atoms with E-state index in [9.17, 15) is 18.0 Å². The Morgan fingerprint density at radius 2 is 1.71 bits per heavy atom. The highest BCUT2D eigenvalue weighted by atomic mass is 32.2. The van der Waals surface area contributed by atoms with Crippen LogP contribution < -0.4 is 9.86 Å². The minimum absolute atomic E-state index is 0.0396. The predicted molar refractivity (Wildman–Crippen MR) is 132 cm³/mol. The highest BCUT2D eigenvalue weighted by Gasteiger charge is 2.33. The lowest BCUT2D eigenvalue weighted by atomic mass is 10.1. The maximum atomic E-state index is 13.5. The molecule has 4 rings (SSSR count). The molecule has 1 atom stereocenters. The first-order valence-corrected chi connectivity index (χ1v) is 12.7. The summed E-state index contributed by atoms with van der Waals surface area (Å²) in [6, 6.07) is 15.1. The van der Waals surface area contributed by atoms with Crippen LogP contribution in [0.5, 0.6) is 0 Å². The Bertz CT molecular complexity index is 1390. The van der Waals surface area contributed by atoms with E-state index in [-0.39, 0.29) is 22.5 Å². The fraction of sp³-hybridized carbons (Fsp3) is 0.360. The molecule has 2 aromatic carbocycles. The molecule has 3 aromatic rings. The van der Waals surface area contributed by atoms with Crippen molar-refractivity contribution in [2.24, 2.45) is 13.0 Å². The Labute approximate surface area is 200 Å². The van der Waals surface area contributed by atoms with Gasteiger partial charge < -0.3 is 4.90 Å². The summed E-state index contributed by atoms with van der Waals surface area (Å²) in [5.41, 5.74) is 1.06. The van der Waals surface area contributed by atoms with Crippen LogP contribution in [0.2, 0.25) is 0 Å². The zero-order valence-corrected chi connectivity index (χ0v) is 20.9. The molecule has 1 unspecified atom stereocenters. The van der Waals surface area contributed by atoms with Crippen LogP contribution in [0.4, 0.5) is 5.69 Å². The van der Waals surface area contributed by atoms with Crippen LogP contribution in [0.25, 0.3) is 5.69 Å². The van der Waals surface area contributed by atoms with E-state index < -0.39 is 15.6 Å². The van der Waals surface area contributed by atoms with Gasteiger partial charge in [0.1, 0.15) is 5.69 Å². The minimum Gasteiger partial charge on any atom is -0.339 e. The molecule has 1 saturated carbocycles. The summed E-state index contributed by atoms with van der Waals surface area (Å²) in [5.74, 6) is 0.279. The molecule has 1 amide bonds. The molecule has 1 heterocycles. The van der Waals surface area contributed by atoms with Crippen LogP contribution in [-0.2, 0) is 17.1 Å². The van der Waals surface area contributed by atoms with E-state index in [0.29, 0.717) is 22.9 Å². The Morgan fingerprint density at radius 1 is 1.06 bits per heavy atom. The van der Waals surface area contributed by atoms with Crippen molar-refractivity contribution in [1.82, 2.24) is 14.3 Å². The number of rotatable bonds is 7. The quantitative estimate of drug-likeness (QED) is 0.518. The van der Waals surface area contributed by atoms with Gasteiger partial charge in [-0.1, -0.05) is 24.3 Å². The lowest BCUT2D eigenvalue weighted by Crippen LogP contribution is -2.36. The molecule has 8 nitrogen and oxygen atoms in total. The maximum Gasteiger partial charge on any atom is 0.296 e. The third-order valence-electron chi connectivity index (χ3n) is 6.81. The standard InChI is InChI=1S/C25H30N4O4S/c1-17(19-14-15-19)26(3)24(30)20-10-9-13-22(16-20)34(32,33)28(5)23-18(2)27(4)29(25(23)31)21-11-7-6-8-12-21/h6-13,16-17,19H,14-15H2,1-5H3. The molecule has 180 valence electrons. The minimum atomic E-state index is -4.09. The van der Waals surface area contributed by atoms with E-state index in [0.717, 1.165) is 17.1 Å². The average molecular weight is 483 g/mol. The monoisotopic (exact) mass is 482 g/mol. The third-order valence-corrected chi connectivity index (χ3v) is 8.57. The topological polar surface area (TPSA) is 84.6 Å². The lowest BCUT2D eigenvalue weighted by molar-refractivity contribution is 0.0727. The van der Waals surface area contributed by atoms with Gasteiger partial charge in [-0.25, -0.2) is 13.1 Å². The number of para-hydroxylation sites is 1. The highest BCUT2D eigenvalue weighted by Crippen LogP contribution is 2.35. The maximum absolute atomic E-state index is 13.5. The van der Waals surface area contributed by atoms with Crippen LogP contribution in [0.15, 0.2) is 64.3 Å². The van der Waals surface area contributed by atoms with Crippen molar-refractivity contribution in [3.63, 3.8) is 0 Å². The number of carbonyl (C=O) groups excluding carboxylic acids is 1. The van der Waals surface area contributed by atoms with Crippen LogP contribution in [0.1, 0.15) is 35.8 Å².